The number of guanidine groups is 1. The highest BCUT2D eigenvalue weighted by molar-refractivity contribution is 14.0. The van der Waals surface area contributed by atoms with Gasteiger partial charge in [0.15, 0.2) is 11.7 Å². The number of hydrogen-bond donors (Lipinski definition) is 3. The molecule has 2 rings (SSSR count). The van der Waals surface area contributed by atoms with Crippen molar-refractivity contribution in [1.82, 2.24) is 16.0 Å². The molecule has 1 aromatic heterocycles. The molecule has 0 aliphatic heterocycles. The lowest BCUT2D eigenvalue weighted by molar-refractivity contribution is 0.0925. The van der Waals surface area contributed by atoms with E-state index < -0.39 is 0 Å². The van der Waals surface area contributed by atoms with Gasteiger partial charge in [-0.25, -0.2) is 0 Å². The van der Waals surface area contributed by atoms with Crippen molar-refractivity contribution >= 4 is 47.4 Å². The van der Waals surface area contributed by atoms with Crippen LogP contribution in [0.1, 0.15) is 35.9 Å². The van der Waals surface area contributed by atoms with Crippen LogP contribution in [-0.4, -0.2) is 44.7 Å². The van der Waals surface area contributed by atoms with Crippen LogP contribution in [0.4, 0.5) is 0 Å². The Balaban J connectivity index is 0.00000450. The van der Waals surface area contributed by atoms with Gasteiger partial charge in [0.25, 0.3) is 5.91 Å². The van der Waals surface area contributed by atoms with Crippen molar-refractivity contribution < 1.29 is 13.9 Å². The van der Waals surface area contributed by atoms with Crippen LogP contribution in [0.3, 0.4) is 0 Å². The summed E-state index contributed by atoms with van der Waals surface area (Å²) < 4.78 is 11.1. The van der Waals surface area contributed by atoms with Crippen LogP contribution in [0.5, 0.6) is 5.75 Å². The van der Waals surface area contributed by atoms with Gasteiger partial charge >= 0.3 is 0 Å². The molecule has 0 aliphatic carbocycles. The van der Waals surface area contributed by atoms with E-state index in [0.717, 1.165) is 18.4 Å². The summed E-state index contributed by atoms with van der Waals surface area (Å²) in [5, 5.41) is 9.93. The molecule has 1 unspecified atom stereocenters. The number of nitrogens with zero attached hydrogens (tertiary/aromatic N) is 1. The Bertz CT molecular complexity index is 813. The van der Waals surface area contributed by atoms with Crippen molar-refractivity contribution in [1.29, 1.82) is 0 Å². The van der Waals surface area contributed by atoms with Gasteiger partial charge in [0, 0.05) is 25.7 Å². The Morgan fingerprint density at radius 2 is 1.93 bits per heavy atom. The van der Waals surface area contributed by atoms with Crippen molar-refractivity contribution in [2.45, 2.75) is 32.8 Å². The summed E-state index contributed by atoms with van der Waals surface area (Å²) in [6, 6.07) is 9.21. The molecule has 0 fully saturated rings. The molecule has 0 aliphatic rings. The summed E-state index contributed by atoms with van der Waals surface area (Å²) in [5.41, 5.74) is 0.828. The summed E-state index contributed by atoms with van der Waals surface area (Å²) in [6.07, 6.45) is 3.05. The maximum atomic E-state index is 12.0. The molecule has 2 aromatic rings. The quantitative estimate of drug-likeness (QED) is 0.181. The Hall–Kier alpha value is -1.94. The van der Waals surface area contributed by atoms with Crippen LogP contribution in [0.25, 0.3) is 0 Å². The van der Waals surface area contributed by atoms with Crippen LogP contribution in [0, 0.1) is 6.92 Å². The van der Waals surface area contributed by atoms with Gasteiger partial charge in [-0.3, -0.25) is 9.79 Å². The third-order valence-corrected chi connectivity index (χ3v) is 4.62. The minimum atomic E-state index is -0.197. The second-order valence-corrected chi connectivity index (χ2v) is 6.91. The number of halogens is 2. The minimum absolute atomic E-state index is 0. The molecular weight excluding hydrogens is 519 g/mol. The fourth-order valence-electron chi connectivity index (χ4n) is 2.60. The predicted molar refractivity (Wildman–Crippen MR) is 131 cm³/mol. The van der Waals surface area contributed by atoms with E-state index in [1.54, 1.807) is 13.1 Å². The number of carbonyl (C=O) groups is 1. The van der Waals surface area contributed by atoms with E-state index in [0.29, 0.717) is 42.1 Å². The monoisotopic (exact) mass is 548 g/mol. The lowest BCUT2D eigenvalue weighted by atomic mass is 10.2. The Kier molecular flexibility index (Phi) is 12.3. The zero-order valence-corrected chi connectivity index (χ0v) is 20.6. The largest absolute Gasteiger partial charge is 0.487 e. The SMILES string of the molecule is CCC(CNC(=NC)NCCCNC(=O)c1occc1C)Oc1ccccc1Cl.I. The zero-order chi connectivity index (χ0) is 21.1. The van der Waals surface area contributed by atoms with Crippen LogP contribution in [-0.2, 0) is 0 Å². The van der Waals surface area contributed by atoms with E-state index in [9.17, 15) is 4.79 Å². The second-order valence-electron chi connectivity index (χ2n) is 6.50. The first kappa shape index (κ1) is 26.1. The van der Waals surface area contributed by atoms with Gasteiger partial charge in [0.05, 0.1) is 17.8 Å². The van der Waals surface area contributed by atoms with E-state index in [1.807, 2.05) is 31.2 Å². The Labute approximate surface area is 200 Å². The Morgan fingerprint density at radius 1 is 1.20 bits per heavy atom. The molecule has 30 heavy (non-hydrogen) atoms. The maximum Gasteiger partial charge on any atom is 0.287 e. The maximum absolute atomic E-state index is 12.0. The topological polar surface area (TPSA) is 87.9 Å². The first-order chi connectivity index (χ1) is 14.0. The van der Waals surface area contributed by atoms with Gasteiger partial charge in [-0.1, -0.05) is 30.7 Å². The highest BCUT2D eigenvalue weighted by Crippen LogP contribution is 2.24. The molecule has 9 heteroatoms. The lowest BCUT2D eigenvalue weighted by Gasteiger charge is -2.20. The molecule has 0 saturated carbocycles. The molecule has 0 saturated heterocycles. The summed E-state index contributed by atoms with van der Waals surface area (Å²) in [4.78, 5) is 16.2. The Morgan fingerprint density at radius 3 is 2.57 bits per heavy atom. The first-order valence-corrected chi connectivity index (χ1v) is 10.1. The molecular formula is C21H30ClIN4O3. The van der Waals surface area contributed by atoms with Gasteiger partial charge in [-0.2, -0.15) is 0 Å². The lowest BCUT2D eigenvalue weighted by Crippen LogP contribution is -2.43. The molecule has 1 aromatic carbocycles. The molecule has 3 N–H and O–H groups in total. The number of aryl methyl sites for hydroxylation is 1. The van der Waals surface area contributed by atoms with Crippen molar-refractivity contribution in [2.75, 3.05) is 26.7 Å². The normalized spacial score (nSPS) is 11.9. The van der Waals surface area contributed by atoms with Crippen LogP contribution >= 0.6 is 35.6 Å². The number of carbonyl (C=O) groups excluding carboxylic acids is 1. The van der Waals surface area contributed by atoms with Crippen molar-refractivity contribution in [3.8, 4) is 5.75 Å². The van der Waals surface area contributed by atoms with Gasteiger partial charge in [-0.05, 0) is 38.0 Å². The van der Waals surface area contributed by atoms with Crippen molar-refractivity contribution in [3.05, 3.63) is 52.9 Å². The van der Waals surface area contributed by atoms with E-state index >= 15 is 0 Å². The highest BCUT2D eigenvalue weighted by atomic mass is 127. The molecule has 7 nitrogen and oxygen atoms in total. The van der Waals surface area contributed by atoms with E-state index in [1.165, 1.54) is 6.26 Å². The number of aliphatic imine (C=N–C) groups is 1. The number of amides is 1. The molecule has 1 amide bonds. The molecule has 1 atom stereocenters. The van der Waals surface area contributed by atoms with Crippen LogP contribution < -0.4 is 20.7 Å². The molecule has 1 heterocycles. The summed E-state index contributed by atoms with van der Waals surface area (Å²) in [5.74, 6) is 1.52. The summed E-state index contributed by atoms with van der Waals surface area (Å²) in [6.45, 7) is 5.70. The fourth-order valence-corrected chi connectivity index (χ4v) is 2.78. The third-order valence-electron chi connectivity index (χ3n) is 4.31. The van der Waals surface area contributed by atoms with Gasteiger partial charge in [-0.15, -0.1) is 24.0 Å². The number of rotatable bonds is 10. The zero-order valence-electron chi connectivity index (χ0n) is 17.5. The van der Waals surface area contributed by atoms with Crippen LogP contribution in [0.2, 0.25) is 5.02 Å². The molecule has 166 valence electrons. The second kappa shape index (κ2) is 14.1. The minimum Gasteiger partial charge on any atom is -0.487 e. The summed E-state index contributed by atoms with van der Waals surface area (Å²) >= 11 is 6.16. The van der Waals surface area contributed by atoms with E-state index in [2.05, 4.69) is 27.9 Å². The third kappa shape index (κ3) is 8.43. The van der Waals surface area contributed by atoms with Crippen molar-refractivity contribution in [2.24, 2.45) is 4.99 Å². The standard InChI is InChI=1S/C21H29ClN4O3.HI/c1-4-16(29-18-9-6-5-8-17(18)22)14-26-21(23-3)25-12-7-11-24-20(27)19-15(2)10-13-28-19;/h5-6,8-10,13,16H,4,7,11-12,14H2,1-3H3,(H,24,27)(H2,23,25,26);1H. The summed E-state index contributed by atoms with van der Waals surface area (Å²) in [7, 11) is 1.71. The molecule has 0 spiro atoms. The number of benzene rings is 1. The first-order valence-electron chi connectivity index (χ1n) is 9.73. The average molecular weight is 549 g/mol. The van der Waals surface area contributed by atoms with Gasteiger partial charge in [0.2, 0.25) is 0 Å². The smallest absolute Gasteiger partial charge is 0.287 e. The number of nitrogens with one attached hydrogen (secondary N) is 3. The average Bonchev–Trinajstić information content (AvgIpc) is 3.16. The van der Waals surface area contributed by atoms with E-state index in [-0.39, 0.29) is 36.0 Å². The molecule has 0 bridgehead atoms. The van der Waals surface area contributed by atoms with E-state index in [4.69, 9.17) is 20.8 Å². The van der Waals surface area contributed by atoms with Gasteiger partial charge < -0.3 is 25.1 Å². The number of ether oxygens (including phenoxy) is 1. The molecule has 0 radical (unpaired) electrons. The number of hydrogen-bond acceptors (Lipinski definition) is 4. The fraction of sp³-hybridized carbons (Fsp3) is 0.429. The highest BCUT2D eigenvalue weighted by Gasteiger charge is 2.12. The van der Waals surface area contributed by atoms with Crippen LogP contribution in [0.15, 0.2) is 46.0 Å². The predicted octanol–water partition coefficient (Wildman–Crippen LogP) is 4.00. The van der Waals surface area contributed by atoms with Crippen molar-refractivity contribution in [3.63, 3.8) is 0 Å². The number of furan rings is 1. The number of para-hydroxylation sites is 1. The van der Waals surface area contributed by atoms with Gasteiger partial charge in [0.1, 0.15) is 11.9 Å².